The highest BCUT2D eigenvalue weighted by molar-refractivity contribution is 5.18. The van der Waals surface area contributed by atoms with Gasteiger partial charge in [-0.25, -0.2) is 0 Å². The minimum Gasteiger partial charge on any atom is -0.388 e. The maximum atomic E-state index is 10.6. The van der Waals surface area contributed by atoms with Gasteiger partial charge in [0.05, 0.1) is 13.2 Å². The summed E-state index contributed by atoms with van der Waals surface area (Å²) < 4.78 is 23.3. The maximum absolute atomic E-state index is 10.6. The van der Waals surface area contributed by atoms with E-state index in [0.717, 1.165) is 11.1 Å². The summed E-state index contributed by atoms with van der Waals surface area (Å²) in [7, 11) is 0. The number of ether oxygens (including phenoxy) is 4. The Labute approximate surface area is 151 Å². The molecule has 0 spiro atoms. The van der Waals surface area contributed by atoms with Gasteiger partial charge in [-0.2, -0.15) is 0 Å². The van der Waals surface area contributed by atoms with Gasteiger partial charge in [0.25, 0.3) is 0 Å². The molecule has 0 radical (unpaired) electrons. The highest BCUT2D eigenvalue weighted by Crippen LogP contribution is 2.36. The van der Waals surface area contributed by atoms with Gasteiger partial charge in [0.2, 0.25) is 0 Å². The lowest BCUT2D eigenvalue weighted by molar-refractivity contribution is -0.183. The average Bonchev–Trinajstić information content (AvgIpc) is 3.15. The van der Waals surface area contributed by atoms with Crippen LogP contribution in [0.15, 0.2) is 60.7 Å². The second-order valence-corrected chi connectivity index (χ2v) is 6.49. The second-order valence-electron chi connectivity index (χ2n) is 6.49. The molecule has 0 aliphatic carbocycles. The Balaban J connectivity index is 1.50. The van der Waals surface area contributed by atoms with E-state index >= 15 is 0 Å². The standard InChI is InChI=1S/C20H22O6/c21-15-11-23-19(13-7-3-1-4-8-13)24-12-16(22)18-17(15)25-20(26-18)14-9-5-2-6-10-14/h1-10,15-22H,11-12H2/t15-,16+,17-,18-,19?,20?/m1/s1. The number of hydrogen-bond acceptors (Lipinski definition) is 6. The van der Waals surface area contributed by atoms with E-state index in [1.807, 2.05) is 60.7 Å². The zero-order valence-electron chi connectivity index (χ0n) is 14.2. The van der Waals surface area contributed by atoms with Crippen LogP contribution in [0.5, 0.6) is 0 Å². The highest BCUT2D eigenvalue weighted by atomic mass is 16.7. The molecule has 2 saturated heterocycles. The first kappa shape index (κ1) is 17.6. The molecule has 2 unspecified atom stereocenters. The van der Waals surface area contributed by atoms with Crippen LogP contribution in [0.25, 0.3) is 0 Å². The van der Waals surface area contributed by atoms with Gasteiger partial charge < -0.3 is 29.2 Å². The van der Waals surface area contributed by atoms with Gasteiger partial charge in [-0.1, -0.05) is 60.7 Å². The fraction of sp³-hybridized carbons (Fsp3) is 0.400. The first-order valence-electron chi connectivity index (χ1n) is 8.72. The van der Waals surface area contributed by atoms with Gasteiger partial charge in [-0.3, -0.25) is 0 Å². The van der Waals surface area contributed by atoms with Crippen molar-refractivity contribution in [1.82, 2.24) is 0 Å². The summed E-state index contributed by atoms with van der Waals surface area (Å²) in [4.78, 5) is 0. The fourth-order valence-corrected chi connectivity index (χ4v) is 3.27. The van der Waals surface area contributed by atoms with Crippen LogP contribution in [0, 0.1) is 0 Å². The molecule has 4 rings (SSSR count). The van der Waals surface area contributed by atoms with Crippen LogP contribution in [0.3, 0.4) is 0 Å². The molecular formula is C20H22O6. The van der Waals surface area contributed by atoms with Gasteiger partial charge in [-0.15, -0.1) is 0 Å². The Morgan fingerprint density at radius 1 is 0.615 bits per heavy atom. The van der Waals surface area contributed by atoms with Crippen LogP contribution in [0.2, 0.25) is 0 Å². The molecule has 138 valence electrons. The molecule has 0 amide bonds. The number of hydrogen-bond donors (Lipinski definition) is 2. The van der Waals surface area contributed by atoms with Crippen molar-refractivity contribution < 1.29 is 29.2 Å². The zero-order chi connectivity index (χ0) is 17.9. The van der Waals surface area contributed by atoms with E-state index in [9.17, 15) is 10.2 Å². The van der Waals surface area contributed by atoms with Crippen molar-refractivity contribution in [2.75, 3.05) is 13.2 Å². The minimum absolute atomic E-state index is 0.0122. The van der Waals surface area contributed by atoms with Gasteiger partial charge in [0.1, 0.15) is 24.4 Å². The second kappa shape index (κ2) is 7.84. The highest BCUT2D eigenvalue weighted by Gasteiger charge is 2.46. The Kier molecular flexibility index (Phi) is 5.31. The monoisotopic (exact) mass is 358 g/mol. The number of rotatable bonds is 2. The van der Waals surface area contributed by atoms with E-state index in [1.165, 1.54) is 0 Å². The van der Waals surface area contributed by atoms with Crippen LogP contribution in [0.4, 0.5) is 0 Å². The summed E-state index contributed by atoms with van der Waals surface area (Å²) in [6.45, 7) is 0.0244. The molecule has 0 bridgehead atoms. The molecule has 2 aliphatic rings. The smallest absolute Gasteiger partial charge is 0.184 e. The molecule has 26 heavy (non-hydrogen) atoms. The third kappa shape index (κ3) is 3.66. The van der Waals surface area contributed by atoms with Crippen molar-refractivity contribution in [3.05, 3.63) is 71.8 Å². The van der Waals surface area contributed by atoms with Crippen molar-refractivity contribution in [1.29, 1.82) is 0 Å². The average molecular weight is 358 g/mol. The Bertz CT molecular complexity index is 634. The third-order valence-corrected chi connectivity index (χ3v) is 4.62. The normalized spacial score (nSPS) is 35.2. The Hall–Kier alpha value is -1.80. The van der Waals surface area contributed by atoms with Crippen molar-refractivity contribution in [2.45, 2.75) is 37.0 Å². The molecule has 0 aromatic heterocycles. The first-order chi connectivity index (χ1) is 12.7. The van der Waals surface area contributed by atoms with Gasteiger partial charge in [0, 0.05) is 11.1 Å². The number of aliphatic hydroxyl groups excluding tert-OH is 2. The molecule has 2 aromatic rings. The van der Waals surface area contributed by atoms with Gasteiger partial charge in [0.15, 0.2) is 12.6 Å². The molecule has 0 saturated carbocycles. The van der Waals surface area contributed by atoms with E-state index in [4.69, 9.17) is 18.9 Å². The SMILES string of the molecule is O[C@@H]1COC(c2ccccc2)OC[C@H](O)[C@H]2OC(c3ccccc3)O[C@@H]21. The van der Waals surface area contributed by atoms with E-state index in [1.54, 1.807) is 0 Å². The minimum atomic E-state index is -0.948. The number of aliphatic hydroxyl groups is 2. The summed E-state index contributed by atoms with van der Waals surface area (Å²) in [6, 6.07) is 18.9. The van der Waals surface area contributed by atoms with Crippen LogP contribution in [-0.4, -0.2) is 47.8 Å². The van der Waals surface area contributed by atoms with E-state index in [2.05, 4.69) is 0 Å². The molecular weight excluding hydrogens is 336 g/mol. The van der Waals surface area contributed by atoms with Crippen LogP contribution >= 0.6 is 0 Å². The fourth-order valence-electron chi connectivity index (χ4n) is 3.27. The molecule has 6 heteroatoms. The topological polar surface area (TPSA) is 77.4 Å². The lowest BCUT2D eigenvalue weighted by Crippen LogP contribution is -2.44. The van der Waals surface area contributed by atoms with Crippen LogP contribution in [-0.2, 0) is 18.9 Å². The first-order valence-corrected chi connectivity index (χ1v) is 8.72. The van der Waals surface area contributed by atoms with Crippen LogP contribution in [0.1, 0.15) is 23.7 Å². The predicted octanol–water partition coefficient (Wildman–Crippen LogP) is 1.94. The lowest BCUT2D eigenvalue weighted by atomic mass is 10.0. The summed E-state index contributed by atoms with van der Waals surface area (Å²) in [5.74, 6) is 0. The Morgan fingerprint density at radius 2 is 1.04 bits per heavy atom. The van der Waals surface area contributed by atoms with Crippen LogP contribution < -0.4 is 0 Å². The van der Waals surface area contributed by atoms with Gasteiger partial charge in [-0.05, 0) is 0 Å². The van der Waals surface area contributed by atoms with E-state index < -0.39 is 37.0 Å². The third-order valence-electron chi connectivity index (χ3n) is 4.62. The lowest BCUT2D eigenvalue weighted by Gasteiger charge is -2.23. The van der Waals surface area contributed by atoms with E-state index in [-0.39, 0.29) is 13.2 Å². The number of fused-ring (bicyclic) bond motifs is 1. The zero-order valence-corrected chi connectivity index (χ0v) is 14.2. The molecule has 2 N–H and O–H groups in total. The molecule has 6 atom stereocenters. The predicted molar refractivity (Wildman–Crippen MR) is 92.0 cm³/mol. The molecule has 2 aromatic carbocycles. The van der Waals surface area contributed by atoms with Crippen molar-refractivity contribution in [3.8, 4) is 0 Å². The van der Waals surface area contributed by atoms with Crippen molar-refractivity contribution in [2.24, 2.45) is 0 Å². The summed E-state index contributed by atoms with van der Waals surface area (Å²) in [5.41, 5.74) is 1.66. The number of benzene rings is 2. The largest absolute Gasteiger partial charge is 0.388 e. The molecule has 2 heterocycles. The summed E-state index contributed by atoms with van der Waals surface area (Å²) in [5, 5.41) is 21.1. The molecule has 2 fully saturated rings. The van der Waals surface area contributed by atoms with E-state index in [0.29, 0.717) is 0 Å². The maximum Gasteiger partial charge on any atom is 0.184 e. The molecule has 6 nitrogen and oxygen atoms in total. The summed E-state index contributed by atoms with van der Waals surface area (Å²) in [6.07, 6.45) is -4.60. The molecule has 2 aliphatic heterocycles. The summed E-state index contributed by atoms with van der Waals surface area (Å²) >= 11 is 0. The van der Waals surface area contributed by atoms with Crippen molar-refractivity contribution in [3.63, 3.8) is 0 Å². The quantitative estimate of drug-likeness (QED) is 0.854. The van der Waals surface area contributed by atoms with Gasteiger partial charge >= 0.3 is 0 Å². The van der Waals surface area contributed by atoms with Crippen molar-refractivity contribution >= 4 is 0 Å². The Morgan fingerprint density at radius 3 is 1.50 bits per heavy atom.